The predicted molar refractivity (Wildman–Crippen MR) is 123 cm³/mol. The van der Waals surface area contributed by atoms with Gasteiger partial charge in [0.05, 0.1) is 0 Å². The SMILES string of the molecule is Cc1ccc(C(=O)NCCNC(=O)[C@@H]2C[C@@H]3CCCC[C@H]3N2C(=O)c2ccc(F)cc2)cc1F. The second-order valence-corrected chi connectivity index (χ2v) is 9.09. The number of benzene rings is 2. The Morgan fingerprint density at radius 3 is 2.35 bits per heavy atom. The maximum absolute atomic E-state index is 13.7. The van der Waals surface area contributed by atoms with E-state index in [1.165, 1.54) is 36.4 Å². The molecule has 3 amide bonds. The zero-order valence-corrected chi connectivity index (χ0v) is 19.2. The number of hydrogen-bond acceptors (Lipinski definition) is 3. The lowest BCUT2D eigenvalue weighted by molar-refractivity contribution is -0.125. The maximum atomic E-state index is 13.7. The first-order valence-corrected chi connectivity index (χ1v) is 11.8. The highest BCUT2D eigenvalue weighted by Crippen LogP contribution is 2.40. The van der Waals surface area contributed by atoms with E-state index in [2.05, 4.69) is 10.6 Å². The zero-order chi connectivity index (χ0) is 24.2. The van der Waals surface area contributed by atoms with Gasteiger partial charge >= 0.3 is 0 Å². The van der Waals surface area contributed by atoms with Crippen LogP contribution < -0.4 is 10.6 Å². The number of fused-ring (bicyclic) bond motifs is 1. The molecule has 6 nitrogen and oxygen atoms in total. The van der Waals surface area contributed by atoms with Crippen LogP contribution in [0.15, 0.2) is 42.5 Å². The van der Waals surface area contributed by atoms with Gasteiger partial charge in [-0.25, -0.2) is 8.78 Å². The van der Waals surface area contributed by atoms with Crippen molar-refractivity contribution in [3.63, 3.8) is 0 Å². The lowest BCUT2D eigenvalue weighted by atomic mass is 9.84. The van der Waals surface area contributed by atoms with Gasteiger partial charge in [-0.05, 0) is 74.1 Å². The van der Waals surface area contributed by atoms with Crippen LogP contribution in [0.3, 0.4) is 0 Å². The molecule has 1 saturated heterocycles. The normalized spacial score (nSPS) is 21.6. The summed E-state index contributed by atoms with van der Waals surface area (Å²) in [6.45, 7) is 1.98. The van der Waals surface area contributed by atoms with Crippen LogP contribution in [0.25, 0.3) is 0 Å². The topological polar surface area (TPSA) is 78.5 Å². The Kier molecular flexibility index (Phi) is 7.24. The molecule has 1 aliphatic carbocycles. The van der Waals surface area contributed by atoms with Crippen molar-refractivity contribution in [1.82, 2.24) is 15.5 Å². The number of halogens is 2. The van der Waals surface area contributed by atoms with Crippen molar-refractivity contribution in [3.8, 4) is 0 Å². The summed E-state index contributed by atoms with van der Waals surface area (Å²) in [4.78, 5) is 40.3. The average molecular weight is 470 g/mol. The fraction of sp³-hybridized carbons (Fsp3) is 0.423. The number of nitrogens with one attached hydrogen (secondary N) is 2. The first-order chi connectivity index (χ1) is 16.3. The summed E-state index contributed by atoms with van der Waals surface area (Å²) >= 11 is 0. The van der Waals surface area contributed by atoms with Gasteiger partial charge in [0.2, 0.25) is 5.91 Å². The molecular formula is C26H29F2N3O3. The lowest BCUT2D eigenvalue weighted by Crippen LogP contribution is -2.50. The molecule has 2 fully saturated rings. The molecule has 2 aromatic carbocycles. The Morgan fingerprint density at radius 2 is 1.62 bits per heavy atom. The van der Waals surface area contributed by atoms with Crippen LogP contribution >= 0.6 is 0 Å². The highest BCUT2D eigenvalue weighted by atomic mass is 19.1. The fourth-order valence-electron chi connectivity index (χ4n) is 5.04. The van der Waals surface area contributed by atoms with Crippen molar-refractivity contribution >= 4 is 17.7 Å². The quantitative estimate of drug-likeness (QED) is 0.635. The third kappa shape index (κ3) is 5.11. The van der Waals surface area contributed by atoms with E-state index in [0.29, 0.717) is 17.5 Å². The van der Waals surface area contributed by atoms with E-state index in [1.54, 1.807) is 17.9 Å². The molecule has 0 unspecified atom stereocenters. The number of amides is 3. The summed E-state index contributed by atoms with van der Waals surface area (Å²) in [5.74, 6) is -1.55. The molecule has 8 heteroatoms. The van der Waals surface area contributed by atoms with E-state index in [1.807, 2.05) is 0 Å². The first kappa shape index (κ1) is 23.9. The van der Waals surface area contributed by atoms with Gasteiger partial charge in [-0.1, -0.05) is 18.9 Å². The van der Waals surface area contributed by atoms with Gasteiger partial charge in [-0.2, -0.15) is 0 Å². The Hall–Kier alpha value is -3.29. The van der Waals surface area contributed by atoms with Gasteiger partial charge in [-0.15, -0.1) is 0 Å². The molecule has 0 aromatic heterocycles. The summed E-state index contributed by atoms with van der Waals surface area (Å²) in [5.41, 5.74) is 1.04. The summed E-state index contributed by atoms with van der Waals surface area (Å²) in [5, 5.41) is 5.50. The monoisotopic (exact) mass is 469 g/mol. The van der Waals surface area contributed by atoms with Gasteiger partial charge in [0.15, 0.2) is 0 Å². The minimum atomic E-state index is -0.604. The van der Waals surface area contributed by atoms with E-state index in [4.69, 9.17) is 0 Å². The maximum Gasteiger partial charge on any atom is 0.254 e. The minimum Gasteiger partial charge on any atom is -0.353 e. The molecule has 2 aromatic rings. The molecule has 0 bridgehead atoms. The molecule has 1 aliphatic heterocycles. The number of nitrogens with zero attached hydrogens (tertiary/aromatic N) is 1. The molecule has 0 radical (unpaired) electrons. The number of hydrogen-bond donors (Lipinski definition) is 2. The lowest BCUT2D eigenvalue weighted by Gasteiger charge is -2.33. The van der Waals surface area contributed by atoms with Crippen molar-refractivity contribution in [2.24, 2.45) is 5.92 Å². The Labute approximate surface area is 197 Å². The van der Waals surface area contributed by atoms with Crippen LogP contribution in [-0.2, 0) is 4.79 Å². The molecule has 34 heavy (non-hydrogen) atoms. The van der Waals surface area contributed by atoms with Crippen LogP contribution in [0.1, 0.15) is 58.4 Å². The molecule has 180 valence electrons. The highest BCUT2D eigenvalue weighted by molar-refractivity contribution is 5.98. The Morgan fingerprint density at radius 1 is 0.941 bits per heavy atom. The third-order valence-corrected chi connectivity index (χ3v) is 6.86. The van der Waals surface area contributed by atoms with Gasteiger partial charge in [0, 0.05) is 30.3 Å². The minimum absolute atomic E-state index is 0.00168. The fourth-order valence-corrected chi connectivity index (χ4v) is 5.04. The van der Waals surface area contributed by atoms with E-state index < -0.39 is 23.6 Å². The molecule has 4 rings (SSSR count). The van der Waals surface area contributed by atoms with Crippen molar-refractivity contribution in [2.45, 2.75) is 51.1 Å². The Bertz CT molecular complexity index is 1070. The standard InChI is InChI=1S/C26H29F2N3O3/c1-16-6-7-19(14-21(16)28)24(32)29-12-13-30-25(33)23-15-18-4-2-3-5-22(18)31(23)26(34)17-8-10-20(27)11-9-17/h6-11,14,18,22-23H,2-5,12-13,15H2,1H3,(H,29,32)(H,30,33)/t18-,22+,23-/m0/s1. The zero-order valence-electron chi connectivity index (χ0n) is 19.2. The van der Waals surface area contributed by atoms with Gasteiger partial charge in [0.25, 0.3) is 11.8 Å². The second-order valence-electron chi connectivity index (χ2n) is 9.09. The number of aryl methyl sites for hydroxylation is 1. The van der Waals surface area contributed by atoms with Crippen molar-refractivity contribution in [1.29, 1.82) is 0 Å². The predicted octanol–water partition coefficient (Wildman–Crippen LogP) is 3.59. The summed E-state index contributed by atoms with van der Waals surface area (Å²) in [7, 11) is 0. The molecule has 1 heterocycles. The van der Waals surface area contributed by atoms with Gasteiger partial charge < -0.3 is 15.5 Å². The number of carbonyl (C=O) groups excluding carboxylic acids is 3. The summed E-state index contributed by atoms with van der Waals surface area (Å²) in [6.07, 6.45) is 4.52. The third-order valence-electron chi connectivity index (χ3n) is 6.86. The number of carbonyl (C=O) groups is 3. The van der Waals surface area contributed by atoms with Crippen molar-refractivity contribution < 1.29 is 23.2 Å². The van der Waals surface area contributed by atoms with Crippen LogP contribution in [-0.4, -0.2) is 47.8 Å². The first-order valence-electron chi connectivity index (χ1n) is 11.8. The second kappa shape index (κ2) is 10.3. The molecule has 0 spiro atoms. The molecule has 2 N–H and O–H groups in total. The molecule has 1 saturated carbocycles. The molecule has 2 aliphatic rings. The average Bonchev–Trinajstić information content (AvgIpc) is 3.23. The van der Waals surface area contributed by atoms with Crippen molar-refractivity contribution in [2.75, 3.05) is 13.1 Å². The largest absolute Gasteiger partial charge is 0.353 e. The van der Waals surface area contributed by atoms with Gasteiger partial charge in [-0.3, -0.25) is 14.4 Å². The van der Waals surface area contributed by atoms with Crippen LogP contribution in [0.5, 0.6) is 0 Å². The molecular weight excluding hydrogens is 440 g/mol. The highest BCUT2D eigenvalue weighted by Gasteiger charge is 2.47. The Balaban J connectivity index is 1.37. The van der Waals surface area contributed by atoms with E-state index >= 15 is 0 Å². The summed E-state index contributed by atoms with van der Waals surface area (Å²) < 4.78 is 27.0. The number of likely N-dealkylation sites (tertiary alicyclic amines) is 1. The van der Waals surface area contributed by atoms with E-state index in [-0.39, 0.29) is 42.4 Å². The van der Waals surface area contributed by atoms with Gasteiger partial charge in [0.1, 0.15) is 17.7 Å². The van der Waals surface area contributed by atoms with E-state index in [0.717, 1.165) is 25.7 Å². The summed E-state index contributed by atoms with van der Waals surface area (Å²) in [6, 6.07) is 9.06. The van der Waals surface area contributed by atoms with Crippen LogP contribution in [0.4, 0.5) is 8.78 Å². The number of rotatable bonds is 6. The van der Waals surface area contributed by atoms with E-state index in [9.17, 15) is 23.2 Å². The molecule has 3 atom stereocenters. The van der Waals surface area contributed by atoms with Crippen LogP contribution in [0.2, 0.25) is 0 Å². The smallest absolute Gasteiger partial charge is 0.254 e. The van der Waals surface area contributed by atoms with Crippen LogP contribution in [0, 0.1) is 24.5 Å². The van der Waals surface area contributed by atoms with Crippen molar-refractivity contribution in [3.05, 3.63) is 70.8 Å².